The van der Waals surface area contributed by atoms with Crippen molar-refractivity contribution in [2.24, 2.45) is 0 Å². The van der Waals surface area contributed by atoms with Crippen molar-refractivity contribution in [2.75, 3.05) is 6.54 Å². The number of carbonyl (C=O) groups excluding carboxylic acids is 1. The summed E-state index contributed by atoms with van der Waals surface area (Å²) in [5, 5.41) is 15.2. The van der Waals surface area contributed by atoms with Crippen LogP contribution in [0.25, 0.3) is 0 Å². The Kier molecular flexibility index (Phi) is 3.26. The quantitative estimate of drug-likeness (QED) is 0.783. The van der Waals surface area contributed by atoms with Crippen LogP contribution in [0.2, 0.25) is 0 Å². The number of hydrogen-bond acceptors (Lipinski definition) is 3. The second-order valence-corrected chi connectivity index (χ2v) is 4.74. The van der Waals surface area contributed by atoms with Gasteiger partial charge in [0.1, 0.15) is 0 Å². The molecule has 0 spiro atoms. The fourth-order valence-electron chi connectivity index (χ4n) is 1.82. The van der Waals surface area contributed by atoms with E-state index < -0.39 is 10.8 Å². The first-order valence-corrected chi connectivity index (χ1v) is 5.74. The number of H-pyrrole nitrogens is 1. The number of carboxylic acid groups (broad SMARTS) is 1. The molecule has 1 aliphatic heterocycles. The normalized spacial score (nSPS) is 14.9. The lowest BCUT2D eigenvalue weighted by Gasteiger charge is -2.27. The average Bonchev–Trinajstić information content (AvgIpc) is 2.70. The van der Waals surface area contributed by atoms with Crippen molar-refractivity contribution in [2.45, 2.75) is 17.8 Å². The Morgan fingerprint density at radius 1 is 1.47 bits per heavy atom. The minimum absolute atomic E-state index is 0.0143. The molecule has 0 unspecified atom stereocenters. The topological polar surface area (TPSA) is 86.3 Å². The van der Waals surface area contributed by atoms with Gasteiger partial charge in [-0.15, -0.1) is 0 Å². The molecule has 0 bridgehead atoms. The number of aromatic carboxylic acids is 1. The van der Waals surface area contributed by atoms with E-state index >= 15 is 0 Å². The Hall–Kier alpha value is -1.27. The van der Waals surface area contributed by atoms with E-state index in [-0.39, 0.29) is 18.1 Å². The summed E-state index contributed by atoms with van der Waals surface area (Å²) >= 11 is 11.0. The van der Waals surface area contributed by atoms with Gasteiger partial charge < -0.3 is 10.0 Å². The molecule has 8 heteroatoms. The van der Waals surface area contributed by atoms with Crippen LogP contribution in [0, 0.1) is 0 Å². The third kappa shape index (κ3) is 2.23. The molecular weight excluding hydrogens is 269 g/mol. The summed E-state index contributed by atoms with van der Waals surface area (Å²) in [7, 11) is 0. The molecule has 2 N–H and O–H groups in total. The monoisotopic (exact) mass is 277 g/mol. The van der Waals surface area contributed by atoms with E-state index in [1.807, 2.05) is 0 Å². The Morgan fingerprint density at radius 3 is 2.76 bits per heavy atom. The summed E-state index contributed by atoms with van der Waals surface area (Å²) < 4.78 is 0. The van der Waals surface area contributed by atoms with Crippen molar-refractivity contribution in [3.8, 4) is 0 Å². The number of fused-ring (bicyclic) bond motifs is 1. The van der Waals surface area contributed by atoms with Gasteiger partial charge in [0.05, 0.1) is 12.2 Å². The second-order valence-electron chi connectivity index (χ2n) is 3.64. The highest BCUT2D eigenvalue weighted by molar-refractivity contribution is 6.53. The molecule has 0 radical (unpaired) electrons. The van der Waals surface area contributed by atoms with Gasteiger partial charge in [0.25, 0.3) is 5.91 Å². The Morgan fingerprint density at radius 2 is 2.18 bits per heavy atom. The first kappa shape index (κ1) is 12.2. The van der Waals surface area contributed by atoms with E-state index in [0.717, 1.165) is 0 Å². The molecule has 0 saturated heterocycles. The zero-order chi connectivity index (χ0) is 12.6. The van der Waals surface area contributed by atoms with Crippen LogP contribution in [-0.2, 0) is 17.8 Å². The maximum absolute atomic E-state index is 11.6. The van der Waals surface area contributed by atoms with E-state index in [9.17, 15) is 9.59 Å². The van der Waals surface area contributed by atoms with Gasteiger partial charge in [-0.3, -0.25) is 9.89 Å². The lowest BCUT2D eigenvalue weighted by molar-refractivity contribution is -0.130. The van der Waals surface area contributed by atoms with Crippen molar-refractivity contribution >= 4 is 35.1 Å². The van der Waals surface area contributed by atoms with Crippen LogP contribution in [0.3, 0.4) is 0 Å². The van der Waals surface area contributed by atoms with E-state index in [4.69, 9.17) is 28.3 Å². The number of aromatic nitrogens is 2. The highest BCUT2D eigenvalue weighted by atomic mass is 35.5. The smallest absolute Gasteiger partial charge is 0.356 e. The minimum atomic E-state index is -1.10. The summed E-state index contributed by atoms with van der Waals surface area (Å²) in [6, 6.07) is 0. The Labute approximate surface area is 106 Å². The number of nitrogens with zero attached hydrogens (tertiary/aromatic N) is 2. The van der Waals surface area contributed by atoms with Gasteiger partial charge in [0.15, 0.2) is 10.5 Å². The molecule has 0 aliphatic carbocycles. The third-order valence-electron chi connectivity index (χ3n) is 2.63. The molecule has 2 rings (SSSR count). The van der Waals surface area contributed by atoms with Crippen LogP contribution < -0.4 is 0 Å². The zero-order valence-corrected chi connectivity index (χ0v) is 10.1. The molecule has 0 saturated carbocycles. The van der Waals surface area contributed by atoms with Gasteiger partial charge in [0, 0.05) is 12.1 Å². The first-order chi connectivity index (χ1) is 8.00. The lowest BCUT2D eigenvalue weighted by atomic mass is 10.0. The van der Waals surface area contributed by atoms with Crippen molar-refractivity contribution in [3.05, 3.63) is 17.0 Å². The maximum atomic E-state index is 11.6. The van der Waals surface area contributed by atoms with Crippen molar-refractivity contribution in [3.63, 3.8) is 0 Å². The number of aromatic amines is 1. The van der Waals surface area contributed by atoms with E-state index in [1.54, 1.807) is 0 Å². The number of amides is 1. The number of alkyl halides is 2. The maximum Gasteiger partial charge on any atom is 0.356 e. The Balaban J connectivity index is 2.21. The molecule has 0 fully saturated rings. The number of hydrogen-bond donors (Lipinski definition) is 2. The van der Waals surface area contributed by atoms with Gasteiger partial charge in [-0.1, -0.05) is 23.2 Å². The molecule has 2 heterocycles. The van der Waals surface area contributed by atoms with Crippen molar-refractivity contribution in [1.29, 1.82) is 0 Å². The van der Waals surface area contributed by atoms with E-state index in [1.165, 1.54) is 4.90 Å². The standard InChI is InChI=1S/C9H9Cl2N3O3/c10-7(11)8(15)14-2-1-4-5(3-14)12-13-6(4)9(16)17/h7H,1-3H2,(H,12,13)(H,16,17). The highest BCUT2D eigenvalue weighted by Gasteiger charge is 2.29. The SMILES string of the molecule is O=C(O)c1n[nH]c2c1CCN(C(=O)C(Cl)Cl)C2. The Bertz CT molecular complexity index is 472. The summed E-state index contributed by atoms with van der Waals surface area (Å²) in [5.74, 6) is -1.46. The van der Waals surface area contributed by atoms with Gasteiger partial charge >= 0.3 is 5.97 Å². The summed E-state index contributed by atoms with van der Waals surface area (Å²) in [6.07, 6.45) is 0.430. The molecule has 6 nitrogen and oxygen atoms in total. The number of halogens is 2. The van der Waals surface area contributed by atoms with Crippen molar-refractivity contribution < 1.29 is 14.7 Å². The fraction of sp³-hybridized carbons (Fsp3) is 0.444. The predicted octanol–water partition coefficient (Wildman–Crippen LogP) is 0.796. The summed E-state index contributed by atoms with van der Waals surface area (Å²) in [4.78, 5) is 22.8. The van der Waals surface area contributed by atoms with Gasteiger partial charge in [-0.2, -0.15) is 5.10 Å². The molecule has 1 aromatic heterocycles. The number of carboxylic acids is 1. The number of carbonyl (C=O) groups is 2. The third-order valence-corrected chi connectivity index (χ3v) is 3.01. The molecule has 1 aliphatic rings. The number of nitrogens with one attached hydrogen (secondary N) is 1. The molecular formula is C9H9Cl2N3O3. The molecule has 1 aromatic rings. The number of rotatable bonds is 2. The van der Waals surface area contributed by atoms with Gasteiger partial charge in [-0.25, -0.2) is 4.79 Å². The van der Waals surface area contributed by atoms with Crippen LogP contribution in [-0.4, -0.2) is 43.5 Å². The predicted molar refractivity (Wildman–Crippen MR) is 60.2 cm³/mol. The second kappa shape index (κ2) is 4.54. The average molecular weight is 278 g/mol. The molecule has 0 aromatic carbocycles. The molecule has 92 valence electrons. The fourth-order valence-corrected chi connectivity index (χ4v) is 2.10. The lowest BCUT2D eigenvalue weighted by Crippen LogP contribution is -2.39. The molecule has 1 amide bonds. The van der Waals surface area contributed by atoms with E-state index in [2.05, 4.69) is 10.2 Å². The molecule has 0 atom stereocenters. The van der Waals surface area contributed by atoms with Crippen LogP contribution in [0.15, 0.2) is 0 Å². The van der Waals surface area contributed by atoms with Crippen LogP contribution in [0.4, 0.5) is 0 Å². The van der Waals surface area contributed by atoms with Gasteiger partial charge in [-0.05, 0) is 6.42 Å². The summed E-state index contributed by atoms with van der Waals surface area (Å²) in [6.45, 7) is 0.645. The first-order valence-electron chi connectivity index (χ1n) is 4.87. The van der Waals surface area contributed by atoms with Crippen LogP contribution in [0.5, 0.6) is 0 Å². The van der Waals surface area contributed by atoms with Gasteiger partial charge in [0.2, 0.25) is 0 Å². The van der Waals surface area contributed by atoms with Crippen LogP contribution >= 0.6 is 23.2 Å². The zero-order valence-electron chi connectivity index (χ0n) is 8.61. The molecule has 17 heavy (non-hydrogen) atoms. The van der Waals surface area contributed by atoms with E-state index in [0.29, 0.717) is 24.2 Å². The largest absolute Gasteiger partial charge is 0.476 e. The van der Waals surface area contributed by atoms with Crippen molar-refractivity contribution in [1.82, 2.24) is 15.1 Å². The minimum Gasteiger partial charge on any atom is -0.476 e. The highest BCUT2D eigenvalue weighted by Crippen LogP contribution is 2.21. The summed E-state index contributed by atoms with van der Waals surface area (Å²) in [5.41, 5.74) is 1.28. The van der Waals surface area contributed by atoms with Crippen LogP contribution in [0.1, 0.15) is 21.7 Å².